The Hall–Kier alpha value is -2.89. The first-order valence-electron chi connectivity index (χ1n) is 7.69. The second-order valence-corrected chi connectivity index (χ2v) is 5.76. The number of aromatic nitrogens is 4. The van der Waals surface area contributed by atoms with E-state index >= 15 is 0 Å². The summed E-state index contributed by atoms with van der Waals surface area (Å²) in [6, 6.07) is 6.89. The maximum Gasteiger partial charge on any atom is 0.197 e. The van der Waals surface area contributed by atoms with E-state index < -0.39 is 0 Å². The van der Waals surface area contributed by atoms with E-state index in [0.29, 0.717) is 23.5 Å². The first kappa shape index (κ1) is 14.7. The molecule has 5 nitrogen and oxygen atoms in total. The van der Waals surface area contributed by atoms with Crippen molar-refractivity contribution in [1.82, 2.24) is 19.9 Å². The number of methoxy groups -OCH3 is 1. The third-order valence-corrected chi connectivity index (χ3v) is 4.26. The lowest BCUT2D eigenvalue weighted by atomic mass is 10.1. The Bertz CT molecular complexity index is 855. The van der Waals surface area contributed by atoms with E-state index in [4.69, 9.17) is 4.74 Å². The van der Waals surface area contributed by atoms with Crippen LogP contribution in [0, 0.1) is 5.82 Å². The van der Waals surface area contributed by atoms with Gasteiger partial charge in [-0.05, 0) is 47.6 Å². The van der Waals surface area contributed by atoms with Crippen molar-refractivity contribution in [3.8, 4) is 17.4 Å². The van der Waals surface area contributed by atoms with Crippen LogP contribution >= 0.6 is 0 Å². The summed E-state index contributed by atoms with van der Waals surface area (Å²) in [6.45, 7) is 0. The number of rotatable bonds is 4. The topological polar surface area (TPSA) is 60.8 Å². The van der Waals surface area contributed by atoms with Gasteiger partial charge in [0, 0.05) is 24.8 Å². The number of benzene rings is 1. The number of nitrogens with zero attached hydrogens (tertiary/aromatic N) is 4. The summed E-state index contributed by atoms with van der Waals surface area (Å²) in [5.41, 5.74) is 2.03. The Morgan fingerprint density at radius 2 is 1.62 bits per heavy atom. The zero-order valence-corrected chi connectivity index (χ0v) is 13.1. The SMILES string of the molecule is COc1ccc([C@H]2C[C@H]2c2cnc(-c3ncccn3)nc2)cc1F. The molecule has 0 unspecified atom stereocenters. The van der Waals surface area contributed by atoms with Gasteiger partial charge in [0.25, 0.3) is 0 Å². The maximum absolute atomic E-state index is 13.8. The van der Waals surface area contributed by atoms with Crippen LogP contribution in [0.1, 0.15) is 29.4 Å². The van der Waals surface area contributed by atoms with Gasteiger partial charge >= 0.3 is 0 Å². The molecule has 120 valence electrons. The van der Waals surface area contributed by atoms with Crippen molar-refractivity contribution in [3.05, 3.63) is 66.0 Å². The van der Waals surface area contributed by atoms with Gasteiger partial charge in [0.2, 0.25) is 0 Å². The Balaban J connectivity index is 1.51. The first-order chi connectivity index (χ1) is 11.8. The van der Waals surface area contributed by atoms with E-state index in [1.165, 1.54) is 7.11 Å². The minimum absolute atomic E-state index is 0.270. The molecule has 0 aliphatic heterocycles. The number of hydrogen-bond acceptors (Lipinski definition) is 5. The number of hydrogen-bond donors (Lipinski definition) is 0. The zero-order chi connectivity index (χ0) is 16.5. The van der Waals surface area contributed by atoms with Crippen LogP contribution in [0.2, 0.25) is 0 Å². The molecule has 0 bridgehead atoms. The Morgan fingerprint density at radius 1 is 0.958 bits per heavy atom. The molecule has 0 saturated heterocycles. The van der Waals surface area contributed by atoms with Gasteiger partial charge in [-0.2, -0.15) is 0 Å². The van der Waals surface area contributed by atoms with Crippen LogP contribution in [0.5, 0.6) is 5.75 Å². The number of halogens is 1. The molecule has 4 rings (SSSR count). The van der Waals surface area contributed by atoms with E-state index in [2.05, 4.69) is 19.9 Å². The summed E-state index contributed by atoms with van der Waals surface area (Å²) >= 11 is 0. The Labute approximate surface area is 138 Å². The van der Waals surface area contributed by atoms with Crippen LogP contribution in [-0.2, 0) is 0 Å². The molecule has 1 aromatic carbocycles. The highest BCUT2D eigenvalue weighted by molar-refractivity contribution is 5.43. The van der Waals surface area contributed by atoms with Gasteiger partial charge in [-0.25, -0.2) is 24.3 Å². The summed E-state index contributed by atoms with van der Waals surface area (Å²) in [7, 11) is 1.47. The van der Waals surface area contributed by atoms with E-state index in [1.807, 2.05) is 18.5 Å². The summed E-state index contributed by atoms with van der Waals surface area (Å²) in [5.74, 6) is 1.58. The van der Waals surface area contributed by atoms with Crippen LogP contribution < -0.4 is 4.74 Å². The van der Waals surface area contributed by atoms with E-state index in [1.54, 1.807) is 30.6 Å². The lowest BCUT2D eigenvalue weighted by molar-refractivity contribution is 0.386. The average molecular weight is 322 g/mol. The van der Waals surface area contributed by atoms with Crippen molar-refractivity contribution in [3.63, 3.8) is 0 Å². The fourth-order valence-electron chi connectivity index (χ4n) is 2.90. The lowest BCUT2D eigenvalue weighted by Gasteiger charge is -2.05. The largest absolute Gasteiger partial charge is 0.494 e. The standard InChI is InChI=1S/C18H15FN4O/c1-24-16-4-3-11(7-15(16)19)13-8-14(13)12-9-22-18(23-10-12)17-20-5-2-6-21-17/h2-7,9-10,13-14H,8H2,1H3/t13-,14+/m1/s1. The minimum Gasteiger partial charge on any atom is -0.494 e. The normalized spacial score (nSPS) is 19.1. The van der Waals surface area contributed by atoms with E-state index in [9.17, 15) is 4.39 Å². The van der Waals surface area contributed by atoms with Crippen LogP contribution in [0.15, 0.2) is 49.1 Å². The highest BCUT2D eigenvalue weighted by Crippen LogP contribution is 2.54. The molecular formula is C18H15FN4O. The van der Waals surface area contributed by atoms with Gasteiger partial charge < -0.3 is 4.74 Å². The van der Waals surface area contributed by atoms with Crippen LogP contribution in [0.3, 0.4) is 0 Å². The molecule has 1 aliphatic carbocycles. The molecule has 1 aliphatic rings. The summed E-state index contributed by atoms with van der Waals surface area (Å²) in [5, 5.41) is 0. The molecule has 2 aromatic heterocycles. The maximum atomic E-state index is 13.8. The van der Waals surface area contributed by atoms with Crippen LogP contribution in [0.4, 0.5) is 4.39 Å². The van der Waals surface area contributed by atoms with Gasteiger partial charge in [0.05, 0.1) is 7.11 Å². The molecule has 2 atom stereocenters. The average Bonchev–Trinajstić information content (AvgIpc) is 3.43. The highest BCUT2D eigenvalue weighted by atomic mass is 19.1. The summed E-state index contributed by atoms with van der Waals surface area (Å²) < 4.78 is 18.8. The highest BCUT2D eigenvalue weighted by Gasteiger charge is 2.40. The monoisotopic (exact) mass is 322 g/mol. The fraction of sp³-hybridized carbons (Fsp3) is 0.222. The predicted molar refractivity (Wildman–Crippen MR) is 86.1 cm³/mol. The molecule has 3 aromatic rings. The molecule has 24 heavy (non-hydrogen) atoms. The van der Waals surface area contributed by atoms with Gasteiger partial charge in [0.1, 0.15) is 0 Å². The lowest BCUT2D eigenvalue weighted by Crippen LogP contribution is -1.96. The van der Waals surface area contributed by atoms with Crippen LogP contribution in [-0.4, -0.2) is 27.0 Å². The summed E-state index contributed by atoms with van der Waals surface area (Å²) in [4.78, 5) is 17.0. The van der Waals surface area contributed by atoms with Gasteiger partial charge in [-0.3, -0.25) is 0 Å². The first-order valence-corrected chi connectivity index (χ1v) is 7.69. The third-order valence-electron chi connectivity index (χ3n) is 4.26. The molecule has 0 spiro atoms. The second kappa shape index (κ2) is 5.96. The Kier molecular flexibility index (Phi) is 3.65. The van der Waals surface area contributed by atoms with E-state index in [0.717, 1.165) is 17.5 Å². The second-order valence-electron chi connectivity index (χ2n) is 5.76. The molecule has 1 fully saturated rings. The smallest absolute Gasteiger partial charge is 0.197 e. The van der Waals surface area contributed by atoms with Crippen molar-refractivity contribution in [2.24, 2.45) is 0 Å². The van der Waals surface area contributed by atoms with Crippen LogP contribution in [0.25, 0.3) is 11.6 Å². The molecule has 6 heteroatoms. The predicted octanol–water partition coefficient (Wildman–Crippen LogP) is 3.35. The third kappa shape index (κ3) is 2.71. The van der Waals surface area contributed by atoms with Gasteiger partial charge in [-0.1, -0.05) is 6.07 Å². The van der Waals surface area contributed by atoms with Crippen molar-refractivity contribution in [1.29, 1.82) is 0 Å². The summed E-state index contributed by atoms with van der Waals surface area (Å²) in [6.07, 6.45) is 7.91. The van der Waals surface area contributed by atoms with Crippen molar-refractivity contribution in [2.45, 2.75) is 18.3 Å². The fourth-order valence-corrected chi connectivity index (χ4v) is 2.90. The van der Waals surface area contributed by atoms with E-state index in [-0.39, 0.29) is 11.6 Å². The molecular weight excluding hydrogens is 307 g/mol. The number of ether oxygens (including phenoxy) is 1. The molecule has 1 saturated carbocycles. The quantitative estimate of drug-likeness (QED) is 0.737. The van der Waals surface area contributed by atoms with Gasteiger partial charge in [-0.15, -0.1) is 0 Å². The molecule has 0 amide bonds. The van der Waals surface area contributed by atoms with Gasteiger partial charge in [0.15, 0.2) is 23.2 Å². The molecule has 0 N–H and O–H groups in total. The Morgan fingerprint density at radius 3 is 2.29 bits per heavy atom. The minimum atomic E-state index is -0.325. The zero-order valence-electron chi connectivity index (χ0n) is 13.1. The van der Waals surface area contributed by atoms with Crippen molar-refractivity contribution in [2.75, 3.05) is 7.11 Å². The van der Waals surface area contributed by atoms with Crippen molar-refractivity contribution < 1.29 is 9.13 Å². The molecule has 0 radical (unpaired) electrons. The van der Waals surface area contributed by atoms with Crippen molar-refractivity contribution >= 4 is 0 Å². The molecule has 2 heterocycles.